The lowest BCUT2D eigenvalue weighted by Gasteiger charge is -2.07. The van der Waals surface area contributed by atoms with Crippen LogP contribution in [0.5, 0.6) is 0 Å². The van der Waals surface area contributed by atoms with E-state index in [2.05, 4.69) is 53.9 Å². The van der Waals surface area contributed by atoms with Crippen molar-refractivity contribution in [2.24, 2.45) is 5.41 Å². The Balaban J connectivity index is 2.46. The monoisotopic (exact) mass is 297 g/mol. The molecule has 0 heterocycles. The average molecular weight is 298 g/mol. The lowest BCUT2D eigenvalue weighted by Crippen LogP contribution is -2.14. The molecule has 3 heteroatoms. The van der Waals surface area contributed by atoms with Crippen molar-refractivity contribution in [3.05, 3.63) is 34.1 Å². The maximum atomic E-state index is 13.0. The van der Waals surface area contributed by atoms with Crippen LogP contribution in [0.1, 0.15) is 26.3 Å². The zero-order valence-electron chi connectivity index (χ0n) is 10.4. The van der Waals surface area contributed by atoms with Crippen LogP contribution < -0.4 is 5.32 Å². The lowest BCUT2D eigenvalue weighted by atomic mass is 9.98. The highest BCUT2D eigenvalue weighted by Crippen LogP contribution is 2.17. The van der Waals surface area contributed by atoms with Crippen LogP contribution in [0.4, 0.5) is 4.39 Å². The van der Waals surface area contributed by atoms with Gasteiger partial charge >= 0.3 is 0 Å². The first-order valence-electron chi connectivity index (χ1n) is 5.53. The van der Waals surface area contributed by atoms with Crippen molar-refractivity contribution in [3.8, 4) is 11.8 Å². The van der Waals surface area contributed by atoms with Gasteiger partial charge in [0, 0.05) is 16.4 Å². The molecule has 0 spiro atoms. The third kappa shape index (κ3) is 5.86. The molecule has 1 aromatic carbocycles. The summed E-state index contributed by atoms with van der Waals surface area (Å²) in [6.45, 7) is 7.44. The summed E-state index contributed by atoms with van der Waals surface area (Å²) < 4.78 is 13.9. The molecule has 1 N–H and O–H groups in total. The smallest absolute Gasteiger partial charge is 0.123 e. The number of hydrogen-bond acceptors (Lipinski definition) is 1. The van der Waals surface area contributed by atoms with Crippen molar-refractivity contribution in [2.45, 2.75) is 27.3 Å². The Morgan fingerprint density at radius 2 is 2.06 bits per heavy atom. The maximum absolute atomic E-state index is 13.0. The van der Waals surface area contributed by atoms with E-state index in [9.17, 15) is 4.39 Å². The molecule has 0 bridgehead atoms. The lowest BCUT2D eigenvalue weighted by molar-refractivity contribution is 0.570. The van der Waals surface area contributed by atoms with E-state index in [1.54, 1.807) is 6.07 Å². The van der Waals surface area contributed by atoms with Crippen molar-refractivity contribution in [1.29, 1.82) is 0 Å². The molecular formula is C14H17BrFN. The van der Waals surface area contributed by atoms with Gasteiger partial charge in [0.05, 0.1) is 6.54 Å². The standard InChI is InChI=1S/C14H17BrFN/c1-14(2,3)7-4-8-17-10-11-9-12(16)5-6-13(11)15/h5-6,9,17H,8,10H2,1-3H3. The van der Waals surface area contributed by atoms with E-state index in [0.29, 0.717) is 13.1 Å². The van der Waals surface area contributed by atoms with Gasteiger partial charge in [0.15, 0.2) is 0 Å². The SMILES string of the molecule is CC(C)(C)C#CCNCc1cc(F)ccc1Br. The Hall–Kier alpha value is -0.850. The fourth-order valence-electron chi connectivity index (χ4n) is 1.25. The molecule has 0 saturated heterocycles. The maximum Gasteiger partial charge on any atom is 0.123 e. The summed E-state index contributed by atoms with van der Waals surface area (Å²) in [4.78, 5) is 0. The highest BCUT2D eigenvalue weighted by atomic mass is 79.9. The molecule has 0 radical (unpaired) electrons. The van der Waals surface area contributed by atoms with Crippen LogP contribution in [0.15, 0.2) is 22.7 Å². The van der Waals surface area contributed by atoms with E-state index in [1.807, 2.05) is 0 Å². The summed E-state index contributed by atoms with van der Waals surface area (Å²) in [6, 6.07) is 4.68. The molecule has 1 nitrogen and oxygen atoms in total. The summed E-state index contributed by atoms with van der Waals surface area (Å²) in [5.74, 6) is 5.98. The zero-order chi connectivity index (χ0) is 12.9. The van der Waals surface area contributed by atoms with Crippen LogP contribution >= 0.6 is 15.9 Å². The van der Waals surface area contributed by atoms with Gasteiger partial charge in [0.1, 0.15) is 5.82 Å². The normalized spacial score (nSPS) is 10.9. The molecule has 0 amide bonds. The van der Waals surface area contributed by atoms with E-state index in [4.69, 9.17) is 0 Å². The van der Waals surface area contributed by atoms with E-state index >= 15 is 0 Å². The fraction of sp³-hybridized carbons (Fsp3) is 0.429. The van der Waals surface area contributed by atoms with Gasteiger partial charge in [0.2, 0.25) is 0 Å². The summed E-state index contributed by atoms with van der Waals surface area (Å²) >= 11 is 3.39. The van der Waals surface area contributed by atoms with Gasteiger partial charge in [-0.25, -0.2) is 4.39 Å². The zero-order valence-corrected chi connectivity index (χ0v) is 12.0. The first-order valence-corrected chi connectivity index (χ1v) is 6.32. The second-order valence-electron chi connectivity index (χ2n) is 4.89. The van der Waals surface area contributed by atoms with Crippen molar-refractivity contribution in [3.63, 3.8) is 0 Å². The summed E-state index contributed by atoms with van der Waals surface area (Å²) in [6.07, 6.45) is 0. The summed E-state index contributed by atoms with van der Waals surface area (Å²) in [7, 11) is 0. The molecule has 0 saturated carbocycles. The van der Waals surface area contributed by atoms with Gasteiger partial charge in [-0.3, -0.25) is 0 Å². The number of rotatable bonds is 3. The van der Waals surface area contributed by atoms with Crippen molar-refractivity contribution in [2.75, 3.05) is 6.54 Å². The number of halogens is 2. The van der Waals surface area contributed by atoms with Crippen LogP contribution in [-0.2, 0) is 6.54 Å². The molecule has 0 fully saturated rings. The van der Waals surface area contributed by atoms with Crippen LogP contribution in [0.3, 0.4) is 0 Å². The van der Waals surface area contributed by atoms with Crippen molar-refractivity contribution < 1.29 is 4.39 Å². The Labute approximate surface area is 111 Å². The first-order chi connectivity index (χ1) is 7.88. The van der Waals surface area contributed by atoms with Gasteiger partial charge < -0.3 is 5.32 Å². The number of nitrogens with one attached hydrogen (secondary N) is 1. The molecule has 0 aliphatic rings. The van der Waals surface area contributed by atoms with Gasteiger partial charge in [-0.2, -0.15) is 0 Å². The Kier molecular flexibility index (Phi) is 5.17. The molecule has 1 rings (SSSR count). The molecule has 92 valence electrons. The molecule has 0 atom stereocenters. The third-order valence-corrected chi connectivity index (χ3v) is 2.77. The minimum absolute atomic E-state index is 0.0289. The van der Waals surface area contributed by atoms with Crippen LogP contribution in [0.2, 0.25) is 0 Å². The minimum Gasteiger partial charge on any atom is -0.302 e. The second kappa shape index (κ2) is 6.18. The topological polar surface area (TPSA) is 12.0 Å². The summed E-state index contributed by atoms with van der Waals surface area (Å²) in [5, 5.41) is 3.17. The second-order valence-corrected chi connectivity index (χ2v) is 5.75. The van der Waals surface area contributed by atoms with E-state index < -0.39 is 0 Å². The van der Waals surface area contributed by atoms with Crippen LogP contribution in [0, 0.1) is 23.1 Å². The highest BCUT2D eigenvalue weighted by molar-refractivity contribution is 9.10. The predicted molar refractivity (Wildman–Crippen MR) is 73.0 cm³/mol. The van der Waals surface area contributed by atoms with Gasteiger partial charge in [0.25, 0.3) is 0 Å². The fourth-order valence-corrected chi connectivity index (χ4v) is 1.63. The summed E-state index contributed by atoms with van der Waals surface area (Å²) in [5.41, 5.74) is 0.934. The Morgan fingerprint density at radius 1 is 1.35 bits per heavy atom. The van der Waals surface area contributed by atoms with E-state index in [0.717, 1.165) is 10.0 Å². The molecule has 17 heavy (non-hydrogen) atoms. The molecule has 1 aromatic rings. The quantitative estimate of drug-likeness (QED) is 0.662. The molecule has 0 aliphatic heterocycles. The highest BCUT2D eigenvalue weighted by Gasteiger charge is 2.03. The minimum atomic E-state index is -0.217. The Bertz CT molecular complexity index is 438. The first kappa shape index (κ1) is 14.2. The Morgan fingerprint density at radius 3 is 2.71 bits per heavy atom. The van der Waals surface area contributed by atoms with Gasteiger partial charge in [-0.1, -0.05) is 27.8 Å². The number of benzene rings is 1. The van der Waals surface area contributed by atoms with Crippen LogP contribution in [-0.4, -0.2) is 6.54 Å². The molecule has 0 aliphatic carbocycles. The largest absolute Gasteiger partial charge is 0.302 e. The van der Waals surface area contributed by atoms with Crippen molar-refractivity contribution >= 4 is 15.9 Å². The number of hydrogen-bond donors (Lipinski definition) is 1. The van der Waals surface area contributed by atoms with Gasteiger partial charge in [-0.15, -0.1) is 0 Å². The third-order valence-electron chi connectivity index (χ3n) is 2.00. The average Bonchev–Trinajstić information content (AvgIpc) is 2.21. The van der Waals surface area contributed by atoms with E-state index in [-0.39, 0.29) is 11.2 Å². The molecular weight excluding hydrogens is 281 g/mol. The van der Waals surface area contributed by atoms with E-state index in [1.165, 1.54) is 12.1 Å². The molecule has 0 unspecified atom stereocenters. The van der Waals surface area contributed by atoms with Gasteiger partial charge in [-0.05, 0) is 44.5 Å². The van der Waals surface area contributed by atoms with Crippen LogP contribution in [0.25, 0.3) is 0 Å². The van der Waals surface area contributed by atoms with Crippen molar-refractivity contribution in [1.82, 2.24) is 5.32 Å². The predicted octanol–water partition coefficient (Wildman–Crippen LogP) is 3.73. The molecule has 0 aromatic heterocycles.